The summed E-state index contributed by atoms with van der Waals surface area (Å²) in [5.74, 6) is -1.42. The normalized spacial score (nSPS) is 14.4. The van der Waals surface area contributed by atoms with Crippen LogP contribution in [0.5, 0.6) is 0 Å². The van der Waals surface area contributed by atoms with Crippen molar-refractivity contribution in [2.24, 2.45) is 5.73 Å². The standard InChI is InChI=1S/C21H21F3N3O3/c22-21(23,24)15-3-1-14(18(13-15)20(25)29)2-8-19(28)26-16-4-6-17(7-5-16)27-9-11-30-12-10-27/h1,3-8,13H,2,9-12H2,(H2,25,29)(H,26,28). The highest BCUT2D eigenvalue weighted by Gasteiger charge is 2.31. The van der Waals surface area contributed by atoms with Crippen LogP contribution in [0.1, 0.15) is 21.5 Å². The fourth-order valence-electron chi connectivity index (χ4n) is 3.13. The number of rotatable bonds is 6. The summed E-state index contributed by atoms with van der Waals surface area (Å²) in [6.07, 6.45) is -3.36. The van der Waals surface area contributed by atoms with E-state index in [0.717, 1.165) is 30.9 Å². The number of nitrogens with two attached hydrogens (primary N) is 1. The average Bonchev–Trinajstić information content (AvgIpc) is 2.72. The first-order chi connectivity index (χ1) is 14.2. The molecule has 159 valence electrons. The lowest BCUT2D eigenvalue weighted by atomic mass is 9.99. The van der Waals surface area contributed by atoms with Gasteiger partial charge in [0.2, 0.25) is 11.8 Å². The number of hydrogen-bond donors (Lipinski definition) is 2. The van der Waals surface area contributed by atoms with Crippen molar-refractivity contribution in [3.05, 3.63) is 65.6 Å². The number of hydrogen-bond acceptors (Lipinski definition) is 4. The molecule has 1 radical (unpaired) electrons. The van der Waals surface area contributed by atoms with Crippen LogP contribution in [0, 0.1) is 6.42 Å². The molecule has 2 aromatic rings. The first kappa shape index (κ1) is 21.6. The molecule has 1 fully saturated rings. The largest absolute Gasteiger partial charge is 0.416 e. The molecule has 30 heavy (non-hydrogen) atoms. The van der Waals surface area contributed by atoms with Gasteiger partial charge in [-0.05, 0) is 48.4 Å². The Morgan fingerprint density at radius 1 is 1.10 bits per heavy atom. The summed E-state index contributed by atoms with van der Waals surface area (Å²) in [6, 6.07) is 10.0. The Balaban J connectivity index is 1.59. The molecular weight excluding hydrogens is 399 g/mol. The van der Waals surface area contributed by atoms with Gasteiger partial charge >= 0.3 is 6.18 Å². The highest BCUT2D eigenvalue weighted by Crippen LogP contribution is 2.30. The monoisotopic (exact) mass is 420 g/mol. The van der Waals surface area contributed by atoms with Gasteiger partial charge in [-0.1, -0.05) is 6.07 Å². The van der Waals surface area contributed by atoms with Gasteiger partial charge in [0.1, 0.15) is 0 Å². The van der Waals surface area contributed by atoms with Crippen molar-refractivity contribution in [2.45, 2.75) is 12.6 Å². The van der Waals surface area contributed by atoms with E-state index in [0.29, 0.717) is 25.0 Å². The molecule has 0 saturated carbocycles. The minimum Gasteiger partial charge on any atom is -0.378 e. The number of carbonyl (C=O) groups is 2. The molecule has 0 aromatic heterocycles. The number of alkyl halides is 3. The summed E-state index contributed by atoms with van der Waals surface area (Å²) in [7, 11) is 0. The van der Waals surface area contributed by atoms with Crippen LogP contribution >= 0.6 is 0 Å². The summed E-state index contributed by atoms with van der Waals surface area (Å²) in [4.78, 5) is 25.9. The third kappa shape index (κ3) is 5.50. The average molecular weight is 420 g/mol. The van der Waals surface area contributed by atoms with Gasteiger partial charge in [-0.3, -0.25) is 9.59 Å². The lowest BCUT2D eigenvalue weighted by Gasteiger charge is -2.28. The van der Waals surface area contributed by atoms with Crippen molar-refractivity contribution in [1.29, 1.82) is 0 Å². The summed E-state index contributed by atoms with van der Waals surface area (Å²) < 4.78 is 43.8. The van der Waals surface area contributed by atoms with Crippen molar-refractivity contribution in [2.75, 3.05) is 36.5 Å². The molecule has 9 heteroatoms. The van der Waals surface area contributed by atoms with E-state index in [1.165, 1.54) is 6.42 Å². The maximum Gasteiger partial charge on any atom is 0.416 e. The third-order valence-corrected chi connectivity index (χ3v) is 4.72. The Morgan fingerprint density at radius 3 is 2.37 bits per heavy atom. The topological polar surface area (TPSA) is 84.7 Å². The Bertz CT molecular complexity index is 908. The van der Waals surface area contributed by atoms with Gasteiger partial charge in [-0.25, -0.2) is 0 Å². The van der Waals surface area contributed by atoms with Gasteiger partial charge in [0.15, 0.2) is 0 Å². The number of amides is 2. The van der Waals surface area contributed by atoms with Crippen molar-refractivity contribution in [1.82, 2.24) is 0 Å². The number of morpholine rings is 1. The van der Waals surface area contributed by atoms with Crippen LogP contribution in [0.3, 0.4) is 0 Å². The summed E-state index contributed by atoms with van der Waals surface area (Å²) in [6.45, 7) is 2.94. The van der Waals surface area contributed by atoms with Crippen LogP contribution in [0.15, 0.2) is 42.5 Å². The number of nitrogens with zero attached hydrogens (tertiary/aromatic N) is 1. The number of primary amides is 1. The zero-order valence-corrected chi connectivity index (χ0v) is 16.0. The van der Waals surface area contributed by atoms with Gasteiger partial charge in [-0.15, -0.1) is 0 Å². The molecule has 1 saturated heterocycles. The predicted octanol–water partition coefficient (Wildman–Crippen LogP) is 3.03. The first-order valence-electron chi connectivity index (χ1n) is 9.31. The van der Waals surface area contributed by atoms with E-state index in [2.05, 4.69) is 10.2 Å². The Labute approximate surface area is 171 Å². The van der Waals surface area contributed by atoms with Crippen molar-refractivity contribution in [3.8, 4) is 0 Å². The third-order valence-electron chi connectivity index (χ3n) is 4.72. The Morgan fingerprint density at radius 2 is 1.77 bits per heavy atom. The molecule has 0 aliphatic carbocycles. The molecule has 1 heterocycles. The predicted molar refractivity (Wildman–Crippen MR) is 106 cm³/mol. The molecule has 3 N–H and O–H groups in total. The number of nitrogens with one attached hydrogen (secondary N) is 1. The minimum absolute atomic E-state index is 0.0336. The number of anilines is 2. The molecule has 6 nitrogen and oxygen atoms in total. The molecule has 3 rings (SSSR count). The highest BCUT2D eigenvalue weighted by molar-refractivity contribution is 5.98. The maximum atomic E-state index is 12.8. The lowest BCUT2D eigenvalue weighted by molar-refractivity contribution is -0.137. The molecule has 2 aromatic carbocycles. The van der Waals surface area contributed by atoms with E-state index in [4.69, 9.17) is 10.5 Å². The second-order valence-electron chi connectivity index (χ2n) is 6.78. The van der Waals surface area contributed by atoms with Gasteiger partial charge < -0.3 is 20.7 Å². The fourth-order valence-corrected chi connectivity index (χ4v) is 3.13. The number of benzene rings is 2. The van der Waals surface area contributed by atoms with Gasteiger partial charge in [0.25, 0.3) is 0 Å². The number of carbonyl (C=O) groups excluding carboxylic acids is 2. The SMILES string of the molecule is NC(=O)c1cc(C(F)(F)F)ccc1C[CH]C(=O)Nc1ccc(N2CCOCC2)cc1. The van der Waals surface area contributed by atoms with E-state index in [-0.39, 0.29) is 17.5 Å². The highest BCUT2D eigenvalue weighted by atomic mass is 19.4. The summed E-state index contributed by atoms with van der Waals surface area (Å²) in [5.41, 5.74) is 5.82. The van der Waals surface area contributed by atoms with Crippen LogP contribution in [0.25, 0.3) is 0 Å². The molecule has 1 aliphatic heterocycles. The van der Waals surface area contributed by atoms with E-state index in [9.17, 15) is 22.8 Å². The quantitative estimate of drug-likeness (QED) is 0.753. The summed E-state index contributed by atoms with van der Waals surface area (Å²) in [5, 5.41) is 2.69. The molecule has 0 atom stereocenters. The van der Waals surface area contributed by atoms with Crippen LogP contribution in [-0.4, -0.2) is 38.1 Å². The molecule has 0 spiro atoms. The van der Waals surface area contributed by atoms with Crippen LogP contribution < -0.4 is 16.0 Å². The van der Waals surface area contributed by atoms with Crippen molar-refractivity contribution >= 4 is 23.2 Å². The molecule has 1 aliphatic rings. The molecular formula is C21H21F3N3O3. The van der Waals surface area contributed by atoms with Crippen LogP contribution in [0.4, 0.5) is 24.5 Å². The number of halogens is 3. The maximum absolute atomic E-state index is 12.8. The minimum atomic E-state index is -4.59. The van der Waals surface area contributed by atoms with E-state index in [1.54, 1.807) is 12.1 Å². The zero-order valence-electron chi connectivity index (χ0n) is 16.0. The first-order valence-corrected chi connectivity index (χ1v) is 9.31. The second-order valence-corrected chi connectivity index (χ2v) is 6.78. The summed E-state index contributed by atoms with van der Waals surface area (Å²) >= 11 is 0. The lowest BCUT2D eigenvalue weighted by Crippen LogP contribution is -2.36. The van der Waals surface area contributed by atoms with E-state index in [1.807, 2.05) is 12.1 Å². The van der Waals surface area contributed by atoms with Gasteiger partial charge in [0, 0.05) is 30.0 Å². The van der Waals surface area contributed by atoms with E-state index >= 15 is 0 Å². The fraction of sp³-hybridized carbons (Fsp3) is 0.286. The van der Waals surface area contributed by atoms with Gasteiger partial charge in [0.05, 0.1) is 25.2 Å². The van der Waals surface area contributed by atoms with Gasteiger partial charge in [-0.2, -0.15) is 13.2 Å². The second kappa shape index (κ2) is 9.17. The van der Waals surface area contributed by atoms with Crippen molar-refractivity contribution < 1.29 is 27.5 Å². The molecule has 0 bridgehead atoms. The molecule has 2 amide bonds. The van der Waals surface area contributed by atoms with Crippen molar-refractivity contribution in [3.63, 3.8) is 0 Å². The van der Waals surface area contributed by atoms with Crippen LogP contribution in [0.2, 0.25) is 0 Å². The van der Waals surface area contributed by atoms with Crippen LogP contribution in [-0.2, 0) is 22.1 Å². The van der Waals surface area contributed by atoms with E-state index < -0.39 is 23.6 Å². The zero-order chi connectivity index (χ0) is 21.7. The Kier molecular flexibility index (Phi) is 6.61. The molecule has 0 unspecified atom stereocenters. The Hall–Kier alpha value is -3.07. The number of ether oxygens (including phenoxy) is 1. The smallest absolute Gasteiger partial charge is 0.378 e.